The Morgan fingerprint density at radius 1 is 1.35 bits per heavy atom. The summed E-state index contributed by atoms with van der Waals surface area (Å²) in [4.78, 5) is 14.0. The van der Waals surface area contributed by atoms with E-state index < -0.39 is 6.10 Å². The summed E-state index contributed by atoms with van der Waals surface area (Å²) in [6.45, 7) is 7.03. The van der Waals surface area contributed by atoms with Crippen LogP contribution in [0.5, 0.6) is 0 Å². The Bertz CT molecular complexity index is 436. The van der Waals surface area contributed by atoms with Crippen LogP contribution < -0.4 is 5.32 Å². The maximum absolute atomic E-state index is 11.9. The van der Waals surface area contributed by atoms with E-state index >= 15 is 0 Å². The van der Waals surface area contributed by atoms with E-state index in [4.69, 9.17) is 11.6 Å². The van der Waals surface area contributed by atoms with Crippen molar-refractivity contribution in [3.8, 4) is 0 Å². The first-order chi connectivity index (χ1) is 9.40. The highest BCUT2D eigenvalue weighted by molar-refractivity contribution is 6.33. The highest BCUT2D eigenvalue weighted by Gasteiger charge is 2.14. The molecule has 112 valence electrons. The van der Waals surface area contributed by atoms with Gasteiger partial charge in [0.25, 0.3) is 0 Å². The zero-order valence-corrected chi connectivity index (χ0v) is 13.0. The maximum Gasteiger partial charge on any atom is 0.225 e. The Kier molecular flexibility index (Phi) is 6.99. The van der Waals surface area contributed by atoms with E-state index in [9.17, 15) is 9.90 Å². The molecule has 0 aliphatic heterocycles. The molecule has 0 aromatic heterocycles. The summed E-state index contributed by atoms with van der Waals surface area (Å²) in [5.41, 5.74) is 0.630. The summed E-state index contributed by atoms with van der Waals surface area (Å²) < 4.78 is 0. The van der Waals surface area contributed by atoms with Crippen LogP contribution in [0.3, 0.4) is 0 Å². The number of halogens is 1. The fraction of sp³-hybridized carbons (Fsp3) is 0.533. The highest BCUT2D eigenvalue weighted by atomic mass is 35.5. The molecule has 1 atom stereocenters. The number of hydrogen-bond donors (Lipinski definition) is 2. The zero-order chi connectivity index (χ0) is 15.1. The van der Waals surface area contributed by atoms with Gasteiger partial charge in [0.2, 0.25) is 5.91 Å². The Balaban J connectivity index is 2.48. The van der Waals surface area contributed by atoms with E-state index in [2.05, 4.69) is 10.2 Å². The predicted molar refractivity (Wildman–Crippen MR) is 83.1 cm³/mol. The molecular formula is C15H23ClN2O2. The van der Waals surface area contributed by atoms with E-state index in [0.29, 0.717) is 30.2 Å². The van der Waals surface area contributed by atoms with Crippen molar-refractivity contribution in [2.24, 2.45) is 0 Å². The first-order valence-corrected chi connectivity index (χ1v) is 7.24. The van der Waals surface area contributed by atoms with Gasteiger partial charge in [0, 0.05) is 25.6 Å². The van der Waals surface area contributed by atoms with Crippen molar-refractivity contribution in [3.05, 3.63) is 29.3 Å². The van der Waals surface area contributed by atoms with Crippen LogP contribution >= 0.6 is 11.6 Å². The Labute approximate surface area is 125 Å². The molecule has 4 nitrogen and oxygen atoms in total. The third-order valence-electron chi connectivity index (χ3n) is 3.00. The summed E-state index contributed by atoms with van der Waals surface area (Å²) in [7, 11) is 0. The number of aliphatic hydroxyl groups is 1. The van der Waals surface area contributed by atoms with Crippen molar-refractivity contribution in [1.82, 2.24) is 4.90 Å². The van der Waals surface area contributed by atoms with Gasteiger partial charge in [-0.05, 0) is 32.9 Å². The number of carbonyl (C=O) groups is 1. The molecule has 0 saturated carbocycles. The van der Waals surface area contributed by atoms with Gasteiger partial charge in [0.15, 0.2) is 0 Å². The number of rotatable bonds is 7. The van der Waals surface area contributed by atoms with Crippen molar-refractivity contribution in [1.29, 1.82) is 0 Å². The van der Waals surface area contributed by atoms with Gasteiger partial charge < -0.3 is 10.4 Å². The molecule has 0 spiro atoms. The normalized spacial score (nSPS) is 12.8. The summed E-state index contributed by atoms with van der Waals surface area (Å²) in [6.07, 6.45) is -0.0279. The Morgan fingerprint density at radius 3 is 2.55 bits per heavy atom. The quantitative estimate of drug-likeness (QED) is 0.814. The average molecular weight is 299 g/mol. The molecule has 2 N–H and O–H groups in total. The topological polar surface area (TPSA) is 52.6 Å². The number of carbonyl (C=O) groups excluding carboxylic acids is 1. The van der Waals surface area contributed by atoms with Crippen LogP contribution in [0, 0.1) is 0 Å². The number of benzene rings is 1. The SMILES string of the molecule is CC(O)CN(CCC(=O)Nc1ccccc1Cl)C(C)C. The molecule has 0 radical (unpaired) electrons. The first-order valence-electron chi connectivity index (χ1n) is 6.86. The highest BCUT2D eigenvalue weighted by Crippen LogP contribution is 2.20. The summed E-state index contributed by atoms with van der Waals surface area (Å²) in [6, 6.07) is 7.45. The lowest BCUT2D eigenvalue weighted by Crippen LogP contribution is -2.38. The van der Waals surface area contributed by atoms with Crippen LogP contribution in [-0.4, -0.2) is 41.1 Å². The van der Waals surface area contributed by atoms with Gasteiger partial charge in [-0.1, -0.05) is 23.7 Å². The molecule has 20 heavy (non-hydrogen) atoms. The fourth-order valence-corrected chi connectivity index (χ4v) is 2.10. The molecule has 1 rings (SSSR count). The molecule has 5 heteroatoms. The lowest BCUT2D eigenvalue weighted by molar-refractivity contribution is -0.116. The Morgan fingerprint density at radius 2 is 2.00 bits per heavy atom. The molecule has 1 amide bonds. The first kappa shape index (κ1) is 17.0. The smallest absolute Gasteiger partial charge is 0.225 e. The maximum atomic E-state index is 11.9. The van der Waals surface area contributed by atoms with Crippen molar-refractivity contribution in [3.63, 3.8) is 0 Å². The molecule has 1 aromatic rings. The van der Waals surface area contributed by atoms with E-state index in [0.717, 1.165) is 0 Å². The van der Waals surface area contributed by atoms with Crippen molar-refractivity contribution >= 4 is 23.2 Å². The van der Waals surface area contributed by atoms with Crippen LogP contribution in [0.25, 0.3) is 0 Å². The minimum atomic E-state index is -0.399. The van der Waals surface area contributed by atoms with Crippen molar-refractivity contribution < 1.29 is 9.90 Å². The standard InChI is InChI=1S/C15H23ClN2O2/c1-11(2)18(10-12(3)19)9-8-15(20)17-14-7-5-4-6-13(14)16/h4-7,11-12,19H,8-10H2,1-3H3,(H,17,20). The number of nitrogens with zero attached hydrogens (tertiary/aromatic N) is 1. The molecule has 1 unspecified atom stereocenters. The summed E-state index contributed by atoms with van der Waals surface area (Å²) in [5.74, 6) is -0.0747. The number of hydrogen-bond acceptors (Lipinski definition) is 3. The van der Waals surface area contributed by atoms with Gasteiger partial charge in [0.05, 0.1) is 16.8 Å². The van der Waals surface area contributed by atoms with E-state index in [1.54, 1.807) is 19.1 Å². The van der Waals surface area contributed by atoms with Crippen molar-refractivity contribution in [2.75, 3.05) is 18.4 Å². The summed E-state index contributed by atoms with van der Waals surface area (Å²) >= 11 is 5.99. The van der Waals surface area contributed by atoms with Gasteiger partial charge in [-0.3, -0.25) is 9.69 Å². The predicted octanol–water partition coefficient (Wildman–Crippen LogP) is 2.76. The second-order valence-electron chi connectivity index (χ2n) is 5.22. The number of amides is 1. The molecule has 0 heterocycles. The Hall–Kier alpha value is -1.10. The third kappa shape index (κ3) is 5.90. The van der Waals surface area contributed by atoms with Gasteiger partial charge in [-0.2, -0.15) is 0 Å². The lowest BCUT2D eigenvalue weighted by atomic mass is 10.2. The minimum absolute atomic E-state index is 0.0747. The molecule has 0 aliphatic carbocycles. The molecule has 1 aromatic carbocycles. The number of anilines is 1. The third-order valence-corrected chi connectivity index (χ3v) is 3.33. The lowest BCUT2D eigenvalue weighted by Gasteiger charge is -2.27. The van der Waals surface area contributed by atoms with Crippen LogP contribution in [0.2, 0.25) is 5.02 Å². The number of nitrogens with one attached hydrogen (secondary N) is 1. The summed E-state index contributed by atoms with van der Waals surface area (Å²) in [5, 5.41) is 12.8. The van der Waals surface area contributed by atoms with Gasteiger partial charge in [-0.15, -0.1) is 0 Å². The van der Waals surface area contributed by atoms with Crippen LogP contribution in [0.15, 0.2) is 24.3 Å². The monoisotopic (exact) mass is 298 g/mol. The van der Waals surface area contributed by atoms with Gasteiger partial charge in [0.1, 0.15) is 0 Å². The second-order valence-corrected chi connectivity index (χ2v) is 5.62. The van der Waals surface area contributed by atoms with Gasteiger partial charge >= 0.3 is 0 Å². The van der Waals surface area contributed by atoms with Gasteiger partial charge in [-0.25, -0.2) is 0 Å². The molecule has 0 saturated heterocycles. The molecular weight excluding hydrogens is 276 g/mol. The average Bonchev–Trinajstić information content (AvgIpc) is 2.36. The van der Waals surface area contributed by atoms with E-state index in [1.165, 1.54) is 0 Å². The molecule has 0 bridgehead atoms. The fourth-order valence-electron chi connectivity index (χ4n) is 1.92. The largest absolute Gasteiger partial charge is 0.392 e. The number of aliphatic hydroxyl groups excluding tert-OH is 1. The van der Waals surface area contributed by atoms with E-state index in [-0.39, 0.29) is 11.9 Å². The number of para-hydroxylation sites is 1. The molecule has 0 aliphatic rings. The van der Waals surface area contributed by atoms with E-state index in [1.807, 2.05) is 26.0 Å². The minimum Gasteiger partial charge on any atom is -0.392 e. The zero-order valence-electron chi connectivity index (χ0n) is 12.3. The van der Waals surface area contributed by atoms with Crippen molar-refractivity contribution in [2.45, 2.75) is 39.3 Å². The molecule has 0 fully saturated rings. The van der Waals surface area contributed by atoms with Crippen LogP contribution in [0.4, 0.5) is 5.69 Å². The second kappa shape index (κ2) is 8.25. The van der Waals surface area contributed by atoms with Crippen LogP contribution in [0.1, 0.15) is 27.2 Å². The van der Waals surface area contributed by atoms with Crippen LogP contribution in [-0.2, 0) is 4.79 Å².